The summed E-state index contributed by atoms with van der Waals surface area (Å²) in [7, 11) is 1.65. The molecule has 0 radical (unpaired) electrons. The van der Waals surface area contributed by atoms with Crippen LogP contribution in [0.1, 0.15) is 48.2 Å². The predicted molar refractivity (Wildman–Crippen MR) is 129 cm³/mol. The number of ketones is 1. The van der Waals surface area contributed by atoms with Gasteiger partial charge in [-0.2, -0.15) is 0 Å². The van der Waals surface area contributed by atoms with Crippen molar-refractivity contribution in [1.29, 1.82) is 0 Å². The quantitative estimate of drug-likeness (QED) is 0.544. The molecule has 172 valence electrons. The highest BCUT2D eigenvalue weighted by molar-refractivity contribution is 6.15. The van der Waals surface area contributed by atoms with E-state index in [1.165, 1.54) is 6.42 Å². The standard InChI is InChI=1S/C27H30N2O4/c1-4-29-15-18(21-13-19(32-3)7-9-23(21)29)12-25-26(31)20-8-10-24(30)22(27(20)33-25)16-28-11-5-6-17(2)14-28/h7-10,12-13,15,17,30H,4-6,11,14,16H2,1-3H3/b25-12-/t17-/m0/s1. The van der Waals surface area contributed by atoms with Gasteiger partial charge in [0.2, 0.25) is 5.78 Å². The number of aromatic nitrogens is 1. The highest BCUT2D eigenvalue weighted by Gasteiger charge is 2.32. The lowest BCUT2D eigenvalue weighted by Crippen LogP contribution is -2.33. The molecule has 5 rings (SSSR count). The van der Waals surface area contributed by atoms with Gasteiger partial charge in [0, 0.05) is 42.3 Å². The molecule has 1 aromatic heterocycles. The zero-order valence-corrected chi connectivity index (χ0v) is 19.4. The molecule has 0 unspecified atom stereocenters. The van der Waals surface area contributed by atoms with E-state index in [4.69, 9.17) is 9.47 Å². The monoisotopic (exact) mass is 446 g/mol. The van der Waals surface area contributed by atoms with E-state index in [-0.39, 0.29) is 17.3 Å². The SMILES string of the molecule is CCn1cc(/C=C2\Oc3c(ccc(O)c3CN3CCC[C@H](C)C3)C2=O)c2cc(OC)ccc21. The Morgan fingerprint density at radius 3 is 2.88 bits per heavy atom. The van der Waals surface area contributed by atoms with Gasteiger partial charge in [0.25, 0.3) is 0 Å². The van der Waals surface area contributed by atoms with Gasteiger partial charge in [0.05, 0.1) is 18.2 Å². The number of aryl methyl sites for hydroxylation is 1. The van der Waals surface area contributed by atoms with E-state index in [0.29, 0.717) is 29.3 Å². The van der Waals surface area contributed by atoms with E-state index in [9.17, 15) is 9.90 Å². The first-order valence-electron chi connectivity index (χ1n) is 11.7. The average Bonchev–Trinajstić information content (AvgIpc) is 3.33. The van der Waals surface area contributed by atoms with Gasteiger partial charge in [-0.15, -0.1) is 0 Å². The summed E-state index contributed by atoms with van der Waals surface area (Å²) in [4.78, 5) is 15.6. The summed E-state index contributed by atoms with van der Waals surface area (Å²) < 4.78 is 13.7. The molecule has 0 amide bonds. The number of fused-ring (bicyclic) bond motifs is 2. The number of allylic oxidation sites excluding steroid dienone is 1. The molecule has 33 heavy (non-hydrogen) atoms. The molecule has 0 bridgehead atoms. The lowest BCUT2D eigenvalue weighted by atomic mass is 9.99. The zero-order valence-electron chi connectivity index (χ0n) is 19.4. The predicted octanol–water partition coefficient (Wildman–Crippen LogP) is 5.22. The van der Waals surface area contributed by atoms with Gasteiger partial charge in [-0.3, -0.25) is 9.69 Å². The molecule has 1 N–H and O–H groups in total. The molecule has 0 spiro atoms. The molecule has 2 aromatic carbocycles. The first kappa shape index (κ1) is 21.6. The van der Waals surface area contributed by atoms with Crippen LogP contribution in [0.2, 0.25) is 0 Å². The van der Waals surface area contributed by atoms with E-state index >= 15 is 0 Å². The Labute approximate surface area is 194 Å². The lowest BCUT2D eigenvalue weighted by Gasteiger charge is -2.31. The number of hydrogen-bond donors (Lipinski definition) is 1. The maximum atomic E-state index is 13.2. The first-order valence-corrected chi connectivity index (χ1v) is 11.7. The van der Waals surface area contributed by atoms with Gasteiger partial charge in [-0.25, -0.2) is 0 Å². The fraction of sp³-hybridized carbons (Fsp3) is 0.370. The van der Waals surface area contributed by atoms with Gasteiger partial charge in [-0.1, -0.05) is 6.92 Å². The molecule has 2 aliphatic rings. The van der Waals surface area contributed by atoms with Crippen molar-refractivity contribution in [2.75, 3.05) is 20.2 Å². The number of piperidine rings is 1. The second-order valence-electron chi connectivity index (χ2n) is 9.12. The summed E-state index contributed by atoms with van der Waals surface area (Å²) in [6.45, 7) is 7.70. The molecule has 2 aliphatic heterocycles. The summed E-state index contributed by atoms with van der Waals surface area (Å²) >= 11 is 0. The van der Waals surface area contributed by atoms with Crippen molar-refractivity contribution in [2.24, 2.45) is 5.92 Å². The molecule has 3 aromatic rings. The molecule has 6 heteroatoms. The number of hydrogen-bond acceptors (Lipinski definition) is 5. The Morgan fingerprint density at radius 2 is 2.12 bits per heavy atom. The van der Waals surface area contributed by atoms with Crippen molar-refractivity contribution in [2.45, 2.75) is 39.8 Å². The number of likely N-dealkylation sites (tertiary alicyclic amines) is 1. The number of phenols is 1. The number of phenolic OH excluding ortho intramolecular Hbond substituents is 1. The summed E-state index contributed by atoms with van der Waals surface area (Å²) in [5.41, 5.74) is 3.18. The number of methoxy groups -OCH3 is 1. The maximum Gasteiger partial charge on any atom is 0.231 e. The minimum absolute atomic E-state index is 0.154. The van der Waals surface area contributed by atoms with Crippen LogP contribution in [-0.4, -0.2) is 40.6 Å². The largest absolute Gasteiger partial charge is 0.507 e. The highest BCUT2D eigenvalue weighted by Crippen LogP contribution is 2.41. The third-order valence-electron chi connectivity index (χ3n) is 6.79. The van der Waals surface area contributed by atoms with Gasteiger partial charge in [0.1, 0.15) is 17.2 Å². The Kier molecular flexibility index (Phi) is 5.62. The molecule has 0 saturated carbocycles. The molecular weight excluding hydrogens is 416 g/mol. The third kappa shape index (κ3) is 3.89. The van der Waals surface area contributed by atoms with Crippen molar-refractivity contribution in [3.63, 3.8) is 0 Å². The summed E-state index contributed by atoms with van der Waals surface area (Å²) in [5, 5.41) is 11.6. The Hall–Kier alpha value is -3.25. The highest BCUT2D eigenvalue weighted by atomic mass is 16.5. The fourth-order valence-corrected chi connectivity index (χ4v) is 5.05. The lowest BCUT2D eigenvalue weighted by molar-refractivity contribution is 0.101. The Balaban J connectivity index is 1.52. The molecular formula is C27H30N2O4. The number of ether oxygens (including phenoxy) is 2. The number of carbonyl (C=O) groups excluding carboxylic acids is 1. The smallest absolute Gasteiger partial charge is 0.231 e. The minimum Gasteiger partial charge on any atom is -0.507 e. The number of aromatic hydroxyl groups is 1. The second kappa shape index (κ2) is 8.60. The Bertz CT molecular complexity index is 1260. The van der Waals surface area contributed by atoms with Crippen LogP contribution in [0.5, 0.6) is 17.2 Å². The molecule has 3 heterocycles. The number of nitrogens with zero attached hydrogens (tertiary/aromatic N) is 2. The molecule has 0 aliphatic carbocycles. The number of benzene rings is 2. The fourth-order valence-electron chi connectivity index (χ4n) is 5.05. The number of Topliss-reactive ketones (excluding diaryl/α,β-unsaturated/α-hetero) is 1. The molecule has 1 saturated heterocycles. The topological polar surface area (TPSA) is 63.9 Å². The van der Waals surface area contributed by atoms with Crippen LogP contribution >= 0.6 is 0 Å². The maximum absolute atomic E-state index is 13.2. The van der Waals surface area contributed by atoms with E-state index in [2.05, 4.69) is 23.3 Å². The summed E-state index contributed by atoms with van der Waals surface area (Å²) in [5.74, 6) is 2.18. The van der Waals surface area contributed by atoms with E-state index in [0.717, 1.165) is 48.3 Å². The number of rotatable bonds is 5. The van der Waals surface area contributed by atoms with E-state index in [1.54, 1.807) is 25.3 Å². The van der Waals surface area contributed by atoms with Crippen LogP contribution in [0, 0.1) is 5.92 Å². The van der Waals surface area contributed by atoms with Crippen LogP contribution in [0.4, 0.5) is 0 Å². The van der Waals surface area contributed by atoms with Crippen LogP contribution in [0.15, 0.2) is 42.3 Å². The van der Waals surface area contributed by atoms with Crippen molar-refractivity contribution in [3.05, 3.63) is 59.0 Å². The zero-order chi connectivity index (χ0) is 23.1. The van der Waals surface area contributed by atoms with Crippen molar-refractivity contribution in [1.82, 2.24) is 9.47 Å². The van der Waals surface area contributed by atoms with Crippen LogP contribution in [0.3, 0.4) is 0 Å². The van der Waals surface area contributed by atoms with Crippen LogP contribution < -0.4 is 9.47 Å². The summed E-state index contributed by atoms with van der Waals surface area (Å²) in [6.07, 6.45) is 6.21. The Morgan fingerprint density at radius 1 is 1.27 bits per heavy atom. The van der Waals surface area contributed by atoms with Gasteiger partial charge in [0.15, 0.2) is 5.76 Å². The van der Waals surface area contributed by atoms with Gasteiger partial charge in [-0.05, 0) is 68.6 Å². The molecule has 1 atom stereocenters. The van der Waals surface area contributed by atoms with Crippen molar-refractivity contribution >= 4 is 22.8 Å². The third-order valence-corrected chi connectivity index (χ3v) is 6.79. The number of carbonyl (C=O) groups is 1. The van der Waals surface area contributed by atoms with Gasteiger partial charge >= 0.3 is 0 Å². The molecule has 6 nitrogen and oxygen atoms in total. The van der Waals surface area contributed by atoms with Crippen molar-refractivity contribution in [3.8, 4) is 17.2 Å². The minimum atomic E-state index is -0.154. The average molecular weight is 447 g/mol. The normalized spacial score (nSPS) is 19.8. The van der Waals surface area contributed by atoms with Crippen LogP contribution in [-0.2, 0) is 13.1 Å². The second-order valence-corrected chi connectivity index (χ2v) is 9.12. The summed E-state index contributed by atoms with van der Waals surface area (Å²) in [6, 6.07) is 9.22. The van der Waals surface area contributed by atoms with Crippen molar-refractivity contribution < 1.29 is 19.4 Å². The first-order chi connectivity index (χ1) is 16.0. The van der Waals surface area contributed by atoms with Crippen LogP contribution in [0.25, 0.3) is 17.0 Å². The van der Waals surface area contributed by atoms with E-state index < -0.39 is 0 Å². The van der Waals surface area contributed by atoms with E-state index in [1.807, 2.05) is 24.4 Å². The molecule has 1 fully saturated rings. The van der Waals surface area contributed by atoms with Gasteiger partial charge < -0.3 is 19.1 Å².